The van der Waals surface area contributed by atoms with E-state index in [-0.39, 0.29) is 17.0 Å². The van der Waals surface area contributed by atoms with Gasteiger partial charge in [-0.2, -0.15) is 0 Å². The number of benzene rings is 1. The molecule has 1 aliphatic rings. The summed E-state index contributed by atoms with van der Waals surface area (Å²) in [6.45, 7) is 0. The minimum absolute atomic E-state index is 0.0544. The van der Waals surface area contributed by atoms with Crippen LogP contribution >= 0.6 is 15.9 Å². The smallest absolute Gasteiger partial charge is 0.179 e. The van der Waals surface area contributed by atoms with Crippen LogP contribution < -0.4 is 0 Å². The van der Waals surface area contributed by atoms with Gasteiger partial charge in [0.15, 0.2) is 11.4 Å². The van der Waals surface area contributed by atoms with Crippen LogP contribution in [0.4, 0.5) is 0 Å². The lowest BCUT2D eigenvalue weighted by molar-refractivity contribution is -0.143. The van der Waals surface area contributed by atoms with Crippen molar-refractivity contribution in [3.63, 3.8) is 0 Å². The Morgan fingerprint density at radius 2 is 1.83 bits per heavy atom. The van der Waals surface area contributed by atoms with Crippen molar-refractivity contribution in [3.8, 4) is 0 Å². The van der Waals surface area contributed by atoms with Crippen molar-refractivity contribution < 1.29 is 9.90 Å². The van der Waals surface area contributed by atoms with Crippen LogP contribution in [0, 0.1) is 5.92 Å². The van der Waals surface area contributed by atoms with E-state index in [1.54, 1.807) is 0 Å². The molecule has 1 aromatic rings. The second-order valence-electron chi connectivity index (χ2n) is 5.02. The number of carbonyl (C=O) groups excluding carboxylic acids is 1. The SMILES string of the molecule is O=C(CBr)C(O)(c1ccccc1)C1CCCCC1. The molecule has 18 heavy (non-hydrogen) atoms. The molecular weight excluding hydrogens is 292 g/mol. The Morgan fingerprint density at radius 3 is 2.39 bits per heavy atom. The summed E-state index contributed by atoms with van der Waals surface area (Å²) < 4.78 is 0. The number of hydrogen-bond donors (Lipinski definition) is 1. The number of aliphatic hydroxyl groups is 1. The van der Waals surface area contributed by atoms with Gasteiger partial charge in [0.1, 0.15) is 0 Å². The Bertz CT molecular complexity index is 398. The molecule has 3 heteroatoms. The Labute approximate surface area is 117 Å². The molecule has 0 bridgehead atoms. The van der Waals surface area contributed by atoms with Crippen LogP contribution in [0.1, 0.15) is 37.7 Å². The Hall–Kier alpha value is -0.670. The number of alkyl halides is 1. The zero-order chi connectivity index (χ0) is 13.0. The normalized spacial score (nSPS) is 20.3. The average molecular weight is 311 g/mol. The number of Topliss-reactive ketones (excluding diaryl/α,β-unsaturated/α-hetero) is 1. The molecule has 1 aromatic carbocycles. The zero-order valence-corrected chi connectivity index (χ0v) is 12.0. The summed E-state index contributed by atoms with van der Waals surface area (Å²) in [5.74, 6) is -0.0701. The summed E-state index contributed by atoms with van der Waals surface area (Å²) in [4.78, 5) is 12.2. The van der Waals surface area contributed by atoms with E-state index in [2.05, 4.69) is 15.9 Å². The lowest BCUT2D eigenvalue weighted by atomic mass is 9.71. The largest absolute Gasteiger partial charge is 0.377 e. The predicted octanol–water partition coefficient (Wildman–Crippen LogP) is 3.42. The minimum Gasteiger partial charge on any atom is -0.377 e. The van der Waals surface area contributed by atoms with Crippen molar-refractivity contribution in [1.82, 2.24) is 0 Å². The molecule has 1 atom stereocenters. The first-order valence-corrected chi connectivity index (χ1v) is 7.69. The fraction of sp³-hybridized carbons (Fsp3) is 0.533. The predicted molar refractivity (Wildman–Crippen MR) is 75.7 cm³/mol. The molecule has 2 rings (SSSR count). The quantitative estimate of drug-likeness (QED) is 0.865. The molecule has 98 valence electrons. The van der Waals surface area contributed by atoms with Crippen molar-refractivity contribution in [1.29, 1.82) is 0 Å². The van der Waals surface area contributed by atoms with Crippen LogP contribution in [0.25, 0.3) is 0 Å². The Kier molecular flexibility index (Phi) is 4.57. The molecule has 0 saturated heterocycles. The van der Waals surface area contributed by atoms with Crippen molar-refractivity contribution >= 4 is 21.7 Å². The first kappa shape index (κ1) is 13.8. The van der Waals surface area contributed by atoms with E-state index in [0.29, 0.717) is 0 Å². The molecule has 1 saturated carbocycles. The van der Waals surface area contributed by atoms with Crippen LogP contribution in [-0.4, -0.2) is 16.2 Å². The molecule has 2 nitrogen and oxygen atoms in total. The van der Waals surface area contributed by atoms with Crippen LogP contribution in [0.15, 0.2) is 30.3 Å². The summed E-state index contributed by atoms with van der Waals surface area (Å²) in [6.07, 6.45) is 5.29. The first-order chi connectivity index (χ1) is 8.69. The molecule has 1 fully saturated rings. The monoisotopic (exact) mass is 310 g/mol. The van der Waals surface area contributed by atoms with Gasteiger partial charge in [0.2, 0.25) is 0 Å². The van der Waals surface area contributed by atoms with Gasteiger partial charge in [0, 0.05) is 0 Å². The van der Waals surface area contributed by atoms with Gasteiger partial charge in [-0.3, -0.25) is 4.79 Å². The van der Waals surface area contributed by atoms with E-state index in [0.717, 1.165) is 31.2 Å². The number of hydrogen-bond acceptors (Lipinski definition) is 2. The standard InChI is InChI=1S/C15H19BrO2/c16-11-14(17)15(18,12-7-3-1-4-8-12)13-9-5-2-6-10-13/h1,3-4,7-8,13,18H,2,5-6,9-11H2. The molecule has 0 amide bonds. The molecule has 0 spiro atoms. The maximum atomic E-state index is 12.2. The van der Waals surface area contributed by atoms with Gasteiger partial charge >= 0.3 is 0 Å². The molecule has 1 aliphatic carbocycles. The summed E-state index contributed by atoms with van der Waals surface area (Å²) in [5, 5.41) is 11.2. The third-order valence-electron chi connectivity index (χ3n) is 3.96. The minimum atomic E-state index is -1.31. The average Bonchev–Trinajstić information content (AvgIpc) is 2.47. The lowest BCUT2D eigenvalue weighted by Gasteiger charge is -2.37. The van der Waals surface area contributed by atoms with E-state index >= 15 is 0 Å². The third kappa shape index (κ3) is 2.52. The summed E-state index contributed by atoms with van der Waals surface area (Å²) in [6, 6.07) is 9.38. The molecule has 0 aromatic heterocycles. The van der Waals surface area contributed by atoms with Gasteiger partial charge < -0.3 is 5.11 Å². The van der Waals surface area contributed by atoms with Crippen LogP contribution in [0.5, 0.6) is 0 Å². The van der Waals surface area contributed by atoms with E-state index in [4.69, 9.17) is 0 Å². The molecule has 1 N–H and O–H groups in total. The van der Waals surface area contributed by atoms with Gasteiger partial charge in [0.25, 0.3) is 0 Å². The number of ketones is 1. The van der Waals surface area contributed by atoms with Crippen molar-refractivity contribution in [2.24, 2.45) is 5.92 Å². The van der Waals surface area contributed by atoms with Gasteiger partial charge in [-0.25, -0.2) is 0 Å². The van der Waals surface area contributed by atoms with E-state index < -0.39 is 5.60 Å². The second-order valence-corrected chi connectivity index (χ2v) is 5.58. The first-order valence-electron chi connectivity index (χ1n) is 6.56. The number of rotatable bonds is 4. The molecule has 0 aliphatic heterocycles. The highest BCUT2D eigenvalue weighted by Gasteiger charge is 2.44. The van der Waals surface area contributed by atoms with E-state index in [1.807, 2.05) is 30.3 Å². The fourth-order valence-corrected chi connectivity index (χ4v) is 3.37. The lowest BCUT2D eigenvalue weighted by Crippen LogP contribution is -2.44. The molecule has 0 radical (unpaired) electrons. The number of halogens is 1. The Balaban J connectivity index is 2.36. The van der Waals surface area contributed by atoms with Gasteiger partial charge in [-0.15, -0.1) is 0 Å². The maximum Gasteiger partial charge on any atom is 0.179 e. The Morgan fingerprint density at radius 1 is 1.22 bits per heavy atom. The van der Waals surface area contributed by atoms with Crippen LogP contribution in [0.3, 0.4) is 0 Å². The van der Waals surface area contributed by atoms with Crippen molar-refractivity contribution in [2.75, 3.05) is 5.33 Å². The molecule has 0 heterocycles. The second kappa shape index (κ2) is 5.98. The number of carbonyl (C=O) groups is 1. The highest BCUT2D eigenvalue weighted by molar-refractivity contribution is 9.09. The highest BCUT2D eigenvalue weighted by atomic mass is 79.9. The topological polar surface area (TPSA) is 37.3 Å². The highest BCUT2D eigenvalue weighted by Crippen LogP contribution is 2.40. The fourth-order valence-electron chi connectivity index (χ4n) is 2.94. The third-order valence-corrected chi connectivity index (χ3v) is 4.47. The van der Waals surface area contributed by atoms with Crippen LogP contribution in [-0.2, 0) is 10.4 Å². The zero-order valence-electron chi connectivity index (χ0n) is 10.4. The van der Waals surface area contributed by atoms with Gasteiger partial charge in [-0.1, -0.05) is 65.5 Å². The molecular formula is C15H19BrO2. The summed E-state index contributed by atoms with van der Waals surface area (Å²) in [5.41, 5.74) is -0.577. The van der Waals surface area contributed by atoms with Gasteiger partial charge in [0.05, 0.1) is 5.33 Å². The van der Waals surface area contributed by atoms with E-state index in [9.17, 15) is 9.90 Å². The molecule has 1 unspecified atom stereocenters. The van der Waals surface area contributed by atoms with Crippen molar-refractivity contribution in [2.45, 2.75) is 37.7 Å². The van der Waals surface area contributed by atoms with Crippen molar-refractivity contribution in [3.05, 3.63) is 35.9 Å². The van der Waals surface area contributed by atoms with Gasteiger partial charge in [-0.05, 0) is 24.3 Å². The summed E-state index contributed by atoms with van der Waals surface area (Å²) in [7, 11) is 0. The van der Waals surface area contributed by atoms with E-state index in [1.165, 1.54) is 6.42 Å². The summed E-state index contributed by atoms with van der Waals surface area (Å²) >= 11 is 3.20. The maximum absolute atomic E-state index is 12.2. The van der Waals surface area contributed by atoms with Crippen LogP contribution in [0.2, 0.25) is 0 Å².